The first-order valence-corrected chi connectivity index (χ1v) is 4.16. The van der Waals surface area contributed by atoms with Crippen molar-refractivity contribution in [2.45, 2.75) is 19.4 Å². The number of nitrogens with zero attached hydrogens (tertiary/aromatic N) is 2. The Morgan fingerprint density at radius 3 is 3.08 bits per heavy atom. The van der Waals surface area contributed by atoms with Gasteiger partial charge in [0, 0.05) is 12.8 Å². The van der Waals surface area contributed by atoms with E-state index in [-0.39, 0.29) is 0 Å². The monoisotopic (exact) mass is 167 g/mol. The number of aromatic nitrogens is 2. The van der Waals surface area contributed by atoms with E-state index in [1.807, 2.05) is 17.7 Å². The van der Waals surface area contributed by atoms with E-state index in [0.717, 1.165) is 25.3 Å². The smallest absolute Gasteiger partial charge is 0.200 e. The molecule has 2 N–H and O–H groups in total. The molecule has 1 atom stereocenters. The van der Waals surface area contributed by atoms with E-state index < -0.39 is 0 Å². The summed E-state index contributed by atoms with van der Waals surface area (Å²) in [5.74, 6) is 0.600. The van der Waals surface area contributed by atoms with Crippen LogP contribution >= 0.6 is 0 Å². The molecule has 1 fully saturated rings. The molecule has 1 aromatic rings. The summed E-state index contributed by atoms with van der Waals surface area (Å²) in [4.78, 5) is 4.14. The molecule has 66 valence electrons. The zero-order chi connectivity index (χ0) is 8.55. The quantitative estimate of drug-likeness (QED) is 0.671. The van der Waals surface area contributed by atoms with Crippen LogP contribution < -0.4 is 5.73 Å². The molecule has 1 unspecified atom stereocenters. The van der Waals surface area contributed by atoms with E-state index in [1.54, 1.807) is 0 Å². The molecule has 0 amide bonds. The third-order valence-corrected chi connectivity index (χ3v) is 2.18. The van der Waals surface area contributed by atoms with Crippen LogP contribution in [-0.2, 0) is 4.74 Å². The van der Waals surface area contributed by atoms with Gasteiger partial charge in [-0.2, -0.15) is 0 Å². The first-order valence-electron chi connectivity index (χ1n) is 4.16. The van der Waals surface area contributed by atoms with Gasteiger partial charge in [-0.15, -0.1) is 0 Å². The Labute approximate surface area is 71.3 Å². The van der Waals surface area contributed by atoms with Crippen LogP contribution in [0.5, 0.6) is 0 Å². The van der Waals surface area contributed by atoms with Gasteiger partial charge in [-0.1, -0.05) is 0 Å². The molecular formula is C8H13N3O. The predicted octanol–water partition coefficient (Wildman–Crippen LogP) is 0.735. The molecule has 0 bridgehead atoms. The first kappa shape index (κ1) is 7.61. The third kappa shape index (κ3) is 1.18. The number of anilines is 1. The highest BCUT2D eigenvalue weighted by Crippen LogP contribution is 2.21. The van der Waals surface area contributed by atoms with Gasteiger partial charge >= 0.3 is 0 Å². The van der Waals surface area contributed by atoms with Gasteiger partial charge in [-0.05, 0) is 13.3 Å². The second-order valence-electron chi connectivity index (χ2n) is 3.17. The average Bonchev–Trinajstić information content (AvgIpc) is 2.58. The van der Waals surface area contributed by atoms with Crippen LogP contribution in [0.25, 0.3) is 0 Å². The predicted molar refractivity (Wildman–Crippen MR) is 45.8 cm³/mol. The second-order valence-corrected chi connectivity index (χ2v) is 3.17. The fraction of sp³-hybridized carbons (Fsp3) is 0.625. The molecule has 2 heterocycles. The van der Waals surface area contributed by atoms with E-state index in [4.69, 9.17) is 10.5 Å². The van der Waals surface area contributed by atoms with E-state index in [0.29, 0.717) is 12.0 Å². The molecule has 1 aliphatic rings. The normalized spacial score (nSPS) is 23.2. The highest BCUT2D eigenvalue weighted by atomic mass is 16.5. The molecule has 0 aromatic carbocycles. The number of aryl methyl sites for hydroxylation is 1. The molecule has 1 aliphatic heterocycles. The van der Waals surface area contributed by atoms with E-state index in [9.17, 15) is 0 Å². The number of ether oxygens (including phenoxy) is 1. The number of nitrogen functional groups attached to an aromatic ring is 1. The molecule has 4 nitrogen and oxygen atoms in total. The summed E-state index contributed by atoms with van der Waals surface area (Å²) >= 11 is 0. The molecule has 0 radical (unpaired) electrons. The molecule has 0 saturated carbocycles. The van der Waals surface area contributed by atoms with Crippen LogP contribution in [0.3, 0.4) is 0 Å². The fourth-order valence-electron chi connectivity index (χ4n) is 1.57. The number of hydrogen-bond acceptors (Lipinski definition) is 3. The number of imidazole rings is 1. The topological polar surface area (TPSA) is 53.1 Å². The van der Waals surface area contributed by atoms with Crippen molar-refractivity contribution >= 4 is 5.95 Å². The van der Waals surface area contributed by atoms with Gasteiger partial charge in [-0.25, -0.2) is 4.98 Å². The van der Waals surface area contributed by atoms with Crippen molar-refractivity contribution in [1.82, 2.24) is 9.55 Å². The Morgan fingerprint density at radius 1 is 1.75 bits per heavy atom. The molecule has 0 spiro atoms. The van der Waals surface area contributed by atoms with Gasteiger partial charge in [-0.3, -0.25) is 0 Å². The van der Waals surface area contributed by atoms with E-state index in [2.05, 4.69) is 4.98 Å². The lowest BCUT2D eigenvalue weighted by molar-refractivity contribution is 0.187. The highest BCUT2D eigenvalue weighted by Gasteiger charge is 2.19. The van der Waals surface area contributed by atoms with Crippen molar-refractivity contribution in [3.05, 3.63) is 11.9 Å². The minimum absolute atomic E-state index is 0.395. The Morgan fingerprint density at radius 2 is 2.58 bits per heavy atom. The van der Waals surface area contributed by atoms with Crippen LogP contribution in [0.2, 0.25) is 0 Å². The summed E-state index contributed by atoms with van der Waals surface area (Å²) in [7, 11) is 0. The van der Waals surface area contributed by atoms with Crippen molar-refractivity contribution in [3.63, 3.8) is 0 Å². The summed E-state index contributed by atoms with van der Waals surface area (Å²) in [5.41, 5.74) is 6.69. The maximum absolute atomic E-state index is 5.72. The third-order valence-electron chi connectivity index (χ3n) is 2.18. The fourth-order valence-corrected chi connectivity index (χ4v) is 1.57. The zero-order valence-corrected chi connectivity index (χ0v) is 7.16. The first-order chi connectivity index (χ1) is 5.77. The minimum atomic E-state index is 0.395. The maximum atomic E-state index is 5.72. The van der Waals surface area contributed by atoms with Crippen LogP contribution in [0.1, 0.15) is 18.2 Å². The largest absolute Gasteiger partial charge is 0.379 e. The van der Waals surface area contributed by atoms with Gasteiger partial charge in [0.1, 0.15) is 0 Å². The van der Waals surface area contributed by atoms with Gasteiger partial charge in [0.15, 0.2) is 0 Å². The average molecular weight is 167 g/mol. The van der Waals surface area contributed by atoms with Gasteiger partial charge < -0.3 is 15.0 Å². The van der Waals surface area contributed by atoms with E-state index in [1.165, 1.54) is 0 Å². The van der Waals surface area contributed by atoms with E-state index >= 15 is 0 Å². The lowest BCUT2D eigenvalue weighted by Crippen LogP contribution is -2.10. The molecule has 1 aromatic heterocycles. The Bertz CT molecular complexity index is 276. The lowest BCUT2D eigenvalue weighted by atomic mass is 10.2. The number of nitrogens with two attached hydrogens (primary N) is 1. The van der Waals surface area contributed by atoms with Crippen LogP contribution in [0, 0.1) is 6.92 Å². The highest BCUT2D eigenvalue weighted by molar-refractivity contribution is 5.22. The van der Waals surface area contributed by atoms with Crippen molar-refractivity contribution in [1.29, 1.82) is 0 Å². The molecule has 2 rings (SSSR count). The van der Waals surface area contributed by atoms with Crippen molar-refractivity contribution in [2.24, 2.45) is 0 Å². The van der Waals surface area contributed by atoms with Gasteiger partial charge in [0.25, 0.3) is 0 Å². The summed E-state index contributed by atoms with van der Waals surface area (Å²) in [6, 6.07) is 0.395. The molecule has 4 heteroatoms. The SMILES string of the molecule is Cc1cn(C2CCOC2)c(N)n1. The molecule has 12 heavy (non-hydrogen) atoms. The second kappa shape index (κ2) is 2.79. The Hall–Kier alpha value is -1.03. The molecular weight excluding hydrogens is 154 g/mol. The maximum Gasteiger partial charge on any atom is 0.200 e. The number of hydrogen-bond donors (Lipinski definition) is 1. The van der Waals surface area contributed by atoms with Crippen LogP contribution in [0.15, 0.2) is 6.20 Å². The van der Waals surface area contributed by atoms with Crippen molar-refractivity contribution < 1.29 is 4.74 Å². The molecule has 1 saturated heterocycles. The molecule has 0 aliphatic carbocycles. The Kier molecular flexibility index (Phi) is 1.77. The van der Waals surface area contributed by atoms with Crippen LogP contribution in [-0.4, -0.2) is 22.8 Å². The van der Waals surface area contributed by atoms with Gasteiger partial charge in [0.2, 0.25) is 5.95 Å². The summed E-state index contributed by atoms with van der Waals surface area (Å²) in [5, 5.41) is 0. The standard InChI is InChI=1S/C8H13N3O/c1-6-4-11(8(9)10-6)7-2-3-12-5-7/h4,7H,2-3,5H2,1H3,(H2,9,10). The Balaban J connectivity index is 2.25. The number of rotatable bonds is 1. The minimum Gasteiger partial charge on any atom is -0.379 e. The summed E-state index contributed by atoms with van der Waals surface area (Å²) in [6.07, 6.45) is 3.02. The van der Waals surface area contributed by atoms with Crippen LogP contribution in [0.4, 0.5) is 5.95 Å². The van der Waals surface area contributed by atoms with Crippen molar-refractivity contribution in [2.75, 3.05) is 18.9 Å². The van der Waals surface area contributed by atoms with Crippen molar-refractivity contribution in [3.8, 4) is 0 Å². The summed E-state index contributed by atoms with van der Waals surface area (Å²) in [6.45, 7) is 3.55. The van der Waals surface area contributed by atoms with Gasteiger partial charge in [0.05, 0.1) is 18.3 Å². The lowest BCUT2D eigenvalue weighted by Gasteiger charge is -2.09. The summed E-state index contributed by atoms with van der Waals surface area (Å²) < 4.78 is 7.27. The zero-order valence-electron chi connectivity index (χ0n) is 7.16.